The molecule has 1 aromatic heterocycles. The van der Waals surface area contributed by atoms with Crippen LogP contribution in [0.4, 0.5) is 5.82 Å². The van der Waals surface area contributed by atoms with Gasteiger partial charge in [0.25, 0.3) is 0 Å². The minimum absolute atomic E-state index is 0.0598. The number of pyridine rings is 1. The Hall–Kier alpha value is -1.91. The summed E-state index contributed by atoms with van der Waals surface area (Å²) in [5.74, 6) is -0.414. The fraction of sp³-hybridized carbons (Fsp3) is 0.500. The second kappa shape index (κ2) is 6.31. The molecule has 1 heterocycles. The third-order valence-corrected chi connectivity index (χ3v) is 3.43. The lowest BCUT2D eigenvalue weighted by molar-refractivity contribution is -0.117. The van der Waals surface area contributed by atoms with Crippen LogP contribution in [0.3, 0.4) is 0 Å². The van der Waals surface area contributed by atoms with E-state index in [0.717, 1.165) is 12.8 Å². The maximum absolute atomic E-state index is 11.9. The molecule has 1 aliphatic carbocycles. The van der Waals surface area contributed by atoms with Gasteiger partial charge in [-0.1, -0.05) is 25.3 Å². The molecule has 1 amide bonds. The average molecular weight is 262 g/mol. The van der Waals surface area contributed by atoms with Gasteiger partial charge in [0.15, 0.2) is 5.69 Å². The van der Waals surface area contributed by atoms with Gasteiger partial charge in [-0.2, -0.15) is 0 Å². The number of hydrogen-bond donors (Lipinski definition) is 2. The molecule has 0 saturated heterocycles. The molecule has 1 aliphatic rings. The summed E-state index contributed by atoms with van der Waals surface area (Å²) >= 11 is 0. The number of nitrogens with one attached hydrogen (secondary N) is 1. The van der Waals surface area contributed by atoms with E-state index in [9.17, 15) is 9.59 Å². The van der Waals surface area contributed by atoms with E-state index in [4.69, 9.17) is 5.11 Å². The van der Waals surface area contributed by atoms with Gasteiger partial charge in [-0.3, -0.25) is 4.79 Å². The van der Waals surface area contributed by atoms with E-state index in [0.29, 0.717) is 18.2 Å². The van der Waals surface area contributed by atoms with Gasteiger partial charge < -0.3 is 10.4 Å². The Bertz CT molecular complexity index is 468. The molecule has 2 rings (SSSR count). The van der Waals surface area contributed by atoms with E-state index in [2.05, 4.69) is 10.3 Å². The van der Waals surface area contributed by atoms with Crippen molar-refractivity contribution in [1.82, 2.24) is 4.98 Å². The van der Waals surface area contributed by atoms with Crippen molar-refractivity contribution in [3.8, 4) is 0 Å². The lowest BCUT2D eigenvalue weighted by Gasteiger charge is -2.20. The Morgan fingerprint density at radius 3 is 2.68 bits per heavy atom. The number of carboxylic acid groups (broad SMARTS) is 1. The van der Waals surface area contributed by atoms with E-state index in [1.54, 1.807) is 12.1 Å². The first-order chi connectivity index (χ1) is 9.15. The molecule has 0 bridgehead atoms. The molecule has 1 fully saturated rings. The van der Waals surface area contributed by atoms with Crippen molar-refractivity contribution >= 4 is 17.7 Å². The highest BCUT2D eigenvalue weighted by molar-refractivity contribution is 5.91. The molecule has 5 nitrogen and oxygen atoms in total. The fourth-order valence-corrected chi connectivity index (χ4v) is 2.47. The minimum atomic E-state index is -1.09. The van der Waals surface area contributed by atoms with Gasteiger partial charge in [-0.05, 0) is 30.9 Å². The summed E-state index contributed by atoms with van der Waals surface area (Å²) in [5, 5.41) is 11.5. The van der Waals surface area contributed by atoms with Crippen molar-refractivity contribution in [2.24, 2.45) is 5.92 Å². The molecular weight excluding hydrogens is 244 g/mol. The van der Waals surface area contributed by atoms with Gasteiger partial charge in [0.1, 0.15) is 5.82 Å². The van der Waals surface area contributed by atoms with Crippen LogP contribution in [-0.4, -0.2) is 22.0 Å². The van der Waals surface area contributed by atoms with Gasteiger partial charge in [0.05, 0.1) is 0 Å². The predicted octanol–water partition coefficient (Wildman–Crippen LogP) is 2.69. The Kier molecular flexibility index (Phi) is 4.49. The van der Waals surface area contributed by atoms with E-state index >= 15 is 0 Å². The van der Waals surface area contributed by atoms with Crippen molar-refractivity contribution in [2.45, 2.75) is 38.5 Å². The number of aromatic nitrogens is 1. The van der Waals surface area contributed by atoms with E-state index in [1.165, 1.54) is 25.3 Å². The molecule has 102 valence electrons. The smallest absolute Gasteiger partial charge is 0.354 e. The van der Waals surface area contributed by atoms with E-state index in [1.807, 2.05) is 0 Å². The molecule has 0 aliphatic heterocycles. The Labute approximate surface area is 112 Å². The van der Waals surface area contributed by atoms with Crippen molar-refractivity contribution in [3.05, 3.63) is 23.9 Å². The van der Waals surface area contributed by atoms with Crippen LogP contribution < -0.4 is 5.32 Å². The SMILES string of the molecule is O=C(CC1CCCCC1)Nc1cccc(C(=O)O)n1. The third kappa shape index (κ3) is 4.05. The number of carbonyl (C=O) groups is 2. The van der Waals surface area contributed by atoms with Crippen LogP contribution in [0.15, 0.2) is 18.2 Å². The maximum Gasteiger partial charge on any atom is 0.354 e. The van der Waals surface area contributed by atoms with Crippen molar-refractivity contribution in [2.75, 3.05) is 5.32 Å². The summed E-state index contributed by atoms with van der Waals surface area (Å²) in [6, 6.07) is 4.58. The number of hydrogen-bond acceptors (Lipinski definition) is 3. The first kappa shape index (κ1) is 13.5. The number of aromatic carboxylic acids is 1. The number of rotatable bonds is 4. The minimum Gasteiger partial charge on any atom is -0.477 e. The molecule has 1 saturated carbocycles. The number of anilines is 1. The topological polar surface area (TPSA) is 79.3 Å². The molecule has 0 unspecified atom stereocenters. The van der Waals surface area contributed by atoms with Crippen LogP contribution in [0.25, 0.3) is 0 Å². The van der Waals surface area contributed by atoms with Gasteiger partial charge in [-0.15, -0.1) is 0 Å². The highest BCUT2D eigenvalue weighted by atomic mass is 16.4. The van der Waals surface area contributed by atoms with Gasteiger partial charge >= 0.3 is 5.97 Å². The largest absolute Gasteiger partial charge is 0.477 e. The third-order valence-electron chi connectivity index (χ3n) is 3.43. The van der Waals surface area contributed by atoms with Crippen molar-refractivity contribution in [1.29, 1.82) is 0 Å². The fourth-order valence-electron chi connectivity index (χ4n) is 2.47. The van der Waals surface area contributed by atoms with Crippen LogP contribution in [0.1, 0.15) is 49.0 Å². The average Bonchev–Trinajstić information content (AvgIpc) is 2.40. The van der Waals surface area contributed by atoms with Crippen molar-refractivity contribution < 1.29 is 14.7 Å². The van der Waals surface area contributed by atoms with Crippen LogP contribution in [0.2, 0.25) is 0 Å². The predicted molar refractivity (Wildman–Crippen MR) is 71.0 cm³/mol. The lowest BCUT2D eigenvalue weighted by Crippen LogP contribution is -2.19. The molecule has 0 atom stereocenters. The maximum atomic E-state index is 11.9. The Morgan fingerprint density at radius 1 is 1.26 bits per heavy atom. The Balaban J connectivity index is 1.90. The van der Waals surface area contributed by atoms with Crippen LogP contribution >= 0.6 is 0 Å². The number of amides is 1. The summed E-state index contributed by atoms with van der Waals surface area (Å²) in [4.78, 5) is 26.5. The summed E-state index contributed by atoms with van der Waals surface area (Å²) in [6.45, 7) is 0. The molecule has 1 aromatic rings. The zero-order valence-electron chi connectivity index (χ0n) is 10.8. The molecule has 2 N–H and O–H groups in total. The second-order valence-electron chi connectivity index (χ2n) is 4.97. The summed E-state index contributed by atoms with van der Waals surface area (Å²) in [5.41, 5.74) is -0.0598. The molecule has 0 radical (unpaired) electrons. The molecule has 19 heavy (non-hydrogen) atoms. The van der Waals surface area contributed by atoms with E-state index < -0.39 is 5.97 Å². The summed E-state index contributed by atoms with van der Waals surface area (Å²) in [7, 11) is 0. The summed E-state index contributed by atoms with van der Waals surface area (Å²) in [6.07, 6.45) is 6.38. The monoisotopic (exact) mass is 262 g/mol. The molecule has 0 aromatic carbocycles. The van der Waals surface area contributed by atoms with Gasteiger partial charge in [-0.25, -0.2) is 9.78 Å². The number of nitrogens with zero attached hydrogens (tertiary/aromatic N) is 1. The van der Waals surface area contributed by atoms with Crippen LogP contribution in [0.5, 0.6) is 0 Å². The van der Waals surface area contributed by atoms with Gasteiger partial charge in [0, 0.05) is 6.42 Å². The quantitative estimate of drug-likeness (QED) is 0.874. The normalized spacial score (nSPS) is 16.0. The highest BCUT2D eigenvalue weighted by Gasteiger charge is 2.17. The highest BCUT2D eigenvalue weighted by Crippen LogP contribution is 2.26. The first-order valence-electron chi connectivity index (χ1n) is 6.65. The Morgan fingerprint density at radius 2 is 2.00 bits per heavy atom. The summed E-state index contributed by atoms with van der Waals surface area (Å²) < 4.78 is 0. The van der Waals surface area contributed by atoms with Crippen molar-refractivity contribution in [3.63, 3.8) is 0 Å². The number of carbonyl (C=O) groups excluding carboxylic acids is 1. The lowest BCUT2D eigenvalue weighted by atomic mass is 9.87. The van der Waals surface area contributed by atoms with Crippen LogP contribution in [-0.2, 0) is 4.79 Å². The first-order valence-corrected chi connectivity index (χ1v) is 6.65. The van der Waals surface area contributed by atoms with Gasteiger partial charge in [0.2, 0.25) is 5.91 Å². The molecule has 0 spiro atoms. The van der Waals surface area contributed by atoms with Crippen LogP contribution in [0, 0.1) is 5.92 Å². The molecular formula is C14H18N2O3. The second-order valence-corrected chi connectivity index (χ2v) is 4.97. The van der Waals surface area contributed by atoms with E-state index in [-0.39, 0.29) is 11.6 Å². The zero-order valence-corrected chi connectivity index (χ0v) is 10.8. The zero-order chi connectivity index (χ0) is 13.7. The number of carboxylic acids is 1. The molecule has 5 heteroatoms. The standard InChI is InChI=1S/C14H18N2O3/c17-13(9-10-5-2-1-3-6-10)16-12-8-4-7-11(15-12)14(18)19/h4,7-8,10H,1-3,5-6,9H2,(H,18,19)(H,15,16,17).